The average molecular weight is 1020 g/mol. The molecule has 3 aromatic heterocycles. The summed E-state index contributed by atoms with van der Waals surface area (Å²) in [5.41, 5.74) is 14.6. The zero-order valence-corrected chi connectivity index (χ0v) is 47.5. The Labute approximate surface area is 462 Å². The molecule has 0 saturated carbocycles. The highest BCUT2D eigenvalue weighted by Crippen LogP contribution is 2.44. The molecule has 0 aliphatic heterocycles. The summed E-state index contributed by atoms with van der Waals surface area (Å²) in [5.74, 6) is 2.31. The van der Waals surface area contributed by atoms with Crippen LogP contribution >= 0.6 is 0 Å². The van der Waals surface area contributed by atoms with Crippen LogP contribution in [-0.4, -0.2) is 14.1 Å². The molecule has 0 amide bonds. The van der Waals surface area contributed by atoms with Gasteiger partial charge in [-0.2, -0.15) is 0 Å². The van der Waals surface area contributed by atoms with Crippen LogP contribution in [0.1, 0.15) is 128 Å². The molecule has 0 bridgehead atoms. The first-order chi connectivity index (χ1) is 37.2. The number of hydrogen-bond donors (Lipinski definition) is 0. The van der Waals surface area contributed by atoms with Crippen LogP contribution in [0.2, 0.25) is 0 Å². The molecule has 0 spiro atoms. The van der Waals surface area contributed by atoms with E-state index in [0.29, 0.717) is 5.75 Å². The quantitative estimate of drug-likeness (QED) is 0.0903. The van der Waals surface area contributed by atoms with Crippen LogP contribution < -0.4 is 9.30 Å². The van der Waals surface area contributed by atoms with Gasteiger partial charge in [0.15, 0.2) is 0 Å². The van der Waals surface area contributed by atoms with Crippen molar-refractivity contribution in [3.05, 3.63) is 270 Å². The minimum absolute atomic E-state index is 0.0663. The van der Waals surface area contributed by atoms with E-state index in [0.717, 1.165) is 61.9 Å². The maximum Gasteiger partial charge on any atom is 0.269 e. The van der Waals surface area contributed by atoms with E-state index in [1.165, 1.54) is 38.8 Å². The molecule has 0 aliphatic rings. The molecule has 11 rings (SSSR count). The number of hydrogen-bond acceptors (Lipinski definition) is 2. The van der Waals surface area contributed by atoms with Crippen LogP contribution in [0.4, 0.5) is 0 Å². The molecule has 3 heterocycles. The van der Waals surface area contributed by atoms with E-state index >= 15 is 0 Å². The number of ether oxygens (including phenoxy) is 1. The van der Waals surface area contributed by atoms with Gasteiger partial charge in [0.1, 0.15) is 17.3 Å². The monoisotopic (exact) mass is 1020 g/mol. The summed E-state index contributed by atoms with van der Waals surface area (Å²) in [7, 11) is 0. The Kier molecular flexibility index (Phi) is 13.0. The van der Waals surface area contributed by atoms with Crippen molar-refractivity contribution in [2.45, 2.75) is 110 Å². The molecular weight excluding hydrogens is 949 g/mol. The lowest BCUT2D eigenvalue weighted by Crippen LogP contribution is -2.43. The van der Waals surface area contributed by atoms with Crippen molar-refractivity contribution in [1.82, 2.24) is 14.1 Å². The third-order valence-corrected chi connectivity index (χ3v) is 16.3. The molecule has 0 saturated heterocycles. The highest BCUT2D eigenvalue weighted by molar-refractivity contribution is 6.10. The Morgan fingerprint density at radius 3 is 1.62 bits per heavy atom. The van der Waals surface area contributed by atoms with Crippen LogP contribution in [-0.2, 0) is 27.1 Å². The molecule has 0 unspecified atom stereocenters. The fraction of sp³-hybridized carbons (Fsp3) is 0.233. The van der Waals surface area contributed by atoms with Gasteiger partial charge in [-0.25, -0.2) is 4.98 Å². The van der Waals surface area contributed by atoms with Gasteiger partial charge >= 0.3 is 0 Å². The number of pyridine rings is 1. The molecule has 0 aliphatic carbocycles. The molecule has 0 N–H and O–H groups in total. The van der Waals surface area contributed by atoms with Crippen molar-refractivity contribution in [3.8, 4) is 39.8 Å². The van der Waals surface area contributed by atoms with Crippen molar-refractivity contribution in [1.29, 1.82) is 0 Å². The number of aromatic nitrogens is 4. The standard InChI is InChI=1S/C73H72N4O/c1-69(2,3)55-34-25-35-58(44-55)75-49-76(68(73(11,12)54-32-23-16-24-33-54)67(75)72(9,10)53-30-21-15-22-31-53)59-42-51(50-26-17-13-18-27-50)43-61(47-59)78-60-37-38-62-63-45-57(71(7,8)52-28-19-14-20-29-52)36-39-64(63)77(65(62)48-60)66-46-56(40-41-74-66)70(4,5)6/h13-48H,1-12H3. The number of nitrogens with zero attached hydrogens (tertiary/aromatic N) is 4. The van der Waals surface area contributed by atoms with Gasteiger partial charge in [-0.15, -0.1) is 0 Å². The second-order valence-corrected chi connectivity index (χ2v) is 24.8. The van der Waals surface area contributed by atoms with E-state index in [1.54, 1.807) is 0 Å². The largest absolute Gasteiger partial charge is 0.458 e. The summed E-state index contributed by atoms with van der Waals surface area (Å²) < 4.78 is 14.2. The summed E-state index contributed by atoms with van der Waals surface area (Å²) in [4.78, 5) is 5.07. The smallest absolute Gasteiger partial charge is 0.269 e. The molecule has 0 atom stereocenters. The highest BCUT2D eigenvalue weighted by atomic mass is 16.5. The lowest BCUT2D eigenvalue weighted by atomic mass is 9.73. The normalized spacial score (nSPS) is 12.6. The lowest BCUT2D eigenvalue weighted by Gasteiger charge is -2.35. The molecule has 5 heteroatoms. The molecule has 390 valence electrons. The van der Waals surface area contributed by atoms with Crippen molar-refractivity contribution in [2.75, 3.05) is 0 Å². The van der Waals surface area contributed by atoms with Gasteiger partial charge in [-0.1, -0.05) is 223 Å². The fourth-order valence-electron chi connectivity index (χ4n) is 11.5. The third kappa shape index (κ3) is 9.54. The second kappa shape index (κ2) is 19.6. The second-order valence-electron chi connectivity index (χ2n) is 24.8. The Bertz CT molecular complexity index is 3960. The summed E-state index contributed by atoms with van der Waals surface area (Å²) in [6, 6.07) is 76.8. The van der Waals surface area contributed by atoms with Crippen LogP contribution in [0, 0.1) is 6.33 Å². The van der Waals surface area contributed by atoms with Gasteiger partial charge in [0.2, 0.25) is 0 Å². The molecule has 11 aromatic rings. The Morgan fingerprint density at radius 2 is 0.987 bits per heavy atom. The van der Waals surface area contributed by atoms with Crippen LogP contribution in [0.15, 0.2) is 219 Å². The van der Waals surface area contributed by atoms with Crippen molar-refractivity contribution in [3.63, 3.8) is 0 Å². The molecular formula is C73H72N4O. The van der Waals surface area contributed by atoms with E-state index in [9.17, 15) is 0 Å². The van der Waals surface area contributed by atoms with Gasteiger partial charge in [-0.3, -0.25) is 13.7 Å². The zero-order chi connectivity index (χ0) is 54.8. The van der Waals surface area contributed by atoms with Gasteiger partial charge in [-0.05, 0) is 122 Å². The molecule has 8 aromatic carbocycles. The summed E-state index contributed by atoms with van der Waals surface area (Å²) >= 11 is 0. The SMILES string of the molecule is CC(C)(C)c1cccc(-[n+]2[c-]n(-c3cc(Oc4ccc5c6cc(C(C)(C)c7ccccc7)ccc6n(-c6cc(C(C)(C)C)ccn6)c5c4)cc(-c4ccccc4)c3)c(C(C)(C)c3ccccc3)c2C(C)(C)c2ccccc2)c1. The third-order valence-electron chi connectivity index (χ3n) is 16.3. The Balaban J connectivity index is 1.15. The van der Waals surface area contributed by atoms with Crippen molar-refractivity contribution >= 4 is 21.8 Å². The van der Waals surface area contributed by atoms with E-state index in [1.807, 2.05) is 6.20 Å². The first-order valence-corrected chi connectivity index (χ1v) is 27.5. The molecule has 5 nitrogen and oxygen atoms in total. The maximum atomic E-state index is 7.27. The zero-order valence-electron chi connectivity index (χ0n) is 47.5. The summed E-state index contributed by atoms with van der Waals surface area (Å²) in [6.07, 6.45) is 6.00. The van der Waals surface area contributed by atoms with Gasteiger partial charge in [0.25, 0.3) is 6.33 Å². The highest BCUT2D eigenvalue weighted by Gasteiger charge is 2.40. The minimum atomic E-state index is -0.511. The predicted molar refractivity (Wildman–Crippen MR) is 323 cm³/mol. The Hall–Kier alpha value is -8.28. The minimum Gasteiger partial charge on any atom is -0.458 e. The van der Waals surface area contributed by atoms with Crippen molar-refractivity contribution in [2.24, 2.45) is 0 Å². The number of benzene rings is 8. The van der Waals surface area contributed by atoms with E-state index in [4.69, 9.17) is 9.72 Å². The lowest BCUT2D eigenvalue weighted by molar-refractivity contribution is -0.611. The van der Waals surface area contributed by atoms with E-state index in [-0.39, 0.29) is 16.2 Å². The van der Waals surface area contributed by atoms with Crippen LogP contribution in [0.3, 0.4) is 0 Å². The predicted octanol–water partition coefficient (Wildman–Crippen LogP) is 18.1. The first-order valence-electron chi connectivity index (χ1n) is 27.5. The topological polar surface area (TPSA) is 35.9 Å². The van der Waals surface area contributed by atoms with Crippen LogP contribution in [0.5, 0.6) is 11.5 Å². The van der Waals surface area contributed by atoms with Crippen molar-refractivity contribution < 1.29 is 9.30 Å². The summed E-state index contributed by atoms with van der Waals surface area (Å²) in [5, 5.41) is 2.30. The number of fused-ring (bicyclic) bond motifs is 3. The fourth-order valence-corrected chi connectivity index (χ4v) is 11.5. The van der Waals surface area contributed by atoms with E-state index < -0.39 is 10.8 Å². The molecule has 0 radical (unpaired) electrons. The summed E-state index contributed by atoms with van der Waals surface area (Å²) in [6.45, 7) is 27.7. The van der Waals surface area contributed by atoms with Crippen LogP contribution in [0.25, 0.3) is 50.1 Å². The molecule has 0 fully saturated rings. The van der Waals surface area contributed by atoms with Gasteiger partial charge in [0.05, 0.1) is 33.8 Å². The van der Waals surface area contributed by atoms with Gasteiger partial charge < -0.3 is 4.74 Å². The van der Waals surface area contributed by atoms with Gasteiger partial charge in [0, 0.05) is 39.3 Å². The number of rotatable bonds is 12. The first kappa shape index (κ1) is 51.8. The molecule has 78 heavy (non-hydrogen) atoms. The Morgan fingerprint density at radius 1 is 0.410 bits per heavy atom. The van der Waals surface area contributed by atoms with E-state index in [2.05, 4.69) is 315 Å². The maximum absolute atomic E-state index is 7.27. The average Bonchev–Trinajstić information content (AvgIpc) is 4.13. The number of imidazole rings is 1.